The zero-order chi connectivity index (χ0) is 17.4. The molecule has 24 heavy (non-hydrogen) atoms. The van der Waals surface area contributed by atoms with Crippen molar-refractivity contribution in [2.45, 2.75) is 11.1 Å². The van der Waals surface area contributed by atoms with Gasteiger partial charge in [-0.15, -0.1) is 0 Å². The van der Waals surface area contributed by atoms with Crippen LogP contribution < -0.4 is 4.72 Å². The van der Waals surface area contributed by atoms with Gasteiger partial charge in [-0.25, -0.2) is 8.42 Å². The van der Waals surface area contributed by atoms with Crippen LogP contribution in [0, 0.1) is 0 Å². The maximum atomic E-state index is 13.1. The largest absolute Gasteiger partial charge is 0.417 e. The molecule has 0 radical (unpaired) electrons. The molecule has 0 aliphatic heterocycles. The van der Waals surface area contributed by atoms with Gasteiger partial charge >= 0.3 is 6.18 Å². The average molecular weight is 352 g/mol. The summed E-state index contributed by atoms with van der Waals surface area (Å²) in [5.41, 5.74) is -0.942. The number of hydrogen-bond acceptors (Lipinski definition) is 3. The lowest BCUT2D eigenvalue weighted by atomic mass is 10.1. The van der Waals surface area contributed by atoms with Crippen LogP contribution in [0.1, 0.15) is 5.56 Å². The normalized spacial score (nSPS) is 12.3. The van der Waals surface area contributed by atoms with Crippen LogP contribution in [0.2, 0.25) is 0 Å². The van der Waals surface area contributed by atoms with Gasteiger partial charge < -0.3 is 0 Å². The third-order valence-corrected chi connectivity index (χ3v) is 4.75. The van der Waals surface area contributed by atoms with Crippen molar-refractivity contribution in [1.82, 2.24) is 4.98 Å². The summed E-state index contributed by atoms with van der Waals surface area (Å²) in [7, 11) is -3.92. The highest BCUT2D eigenvalue weighted by atomic mass is 32.2. The van der Waals surface area contributed by atoms with Gasteiger partial charge in [-0.1, -0.05) is 24.3 Å². The second-order valence-electron chi connectivity index (χ2n) is 4.98. The molecule has 0 aliphatic rings. The molecular weight excluding hydrogens is 341 g/mol. The van der Waals surface area contributed by atoms with E-state index in [-0.39, 0.29) is 21.5 Å². The summed E-state index contributed by atoms with van der Waals surface area (Å²) in [6, 6.07) is 12.1. The smallest absolute Gasteiger partial charge is 0.277 e. The van der Waals surface area contributed by atoms with Crippen molar-refractivity contribution in [1.29, 1.82) is 0 Å². The summed E-state index contributed by atoms with van der Waals surface area (Å²) in [5, 5.41) is -0.168. The molecule has 0 unspecified atom stereocenters. The van der Waals surface area contributed by atoms with E-state index in [9.17, 15) is 21.6 Å². The van der Waals surface area contributed by atoms with Crippen molar-refractivity contribution >= 4 is 26.6 Å². The van der Waals surface area contributed by atoms with E-state index < -0.39 is 21.8 Å². The van der Waals surface area contributed by atoms with Gasteiger partial charge in [0.1, 0.15) is 0 Å². The van der Waals surface area contributed by atoms with Gasteiger partial charge in [-0.05, 0) is 30.3 Å². The topological polar surface area (TPSA) is 59.1 Å². The summed E-state index contributed by atoms with van der Waals surface area (Å²) in [6.45, 7) is 0. The number of fused-ring (bicyclic) bond motifs is 1. The molecule has 2 aromatic carbocycles. The minimum absolute atomic E-state index is 0.00831. The molecule has 0 atom stereocenters. The van der Waals surface area contributed by atoms with E-state index in [1.807, 2.05) is 0 Å². The number of alkyl halides is 3. The number of nitrogens with zero attached hydrogens (tertiary/aromatic N) is 1. The molecule has 1 heterocycles. The summed E-state index contributed by atoms with van der Waals surface area (Å²) in [4.78, 5) is 3.91. The van der Waals surface area contributed by atoms with Crippen LogP contribution in [0.5, 0.6) is 0 Å². The zero-order valence-corrected chi connectivity index (χ0v) is 12.9. The lowest BCUT2D eigenvalue weighted by molar-refractivity contribution is -0.136. The van der Waals surface area contributed by atoms with Crippen LogP contribution in [0.15, 0.2) is 65.7 Å². The molecule has 3 aromatic rings. The molecule has 1 aromatic heterocycles. The van der Waals surface area contributed by atoms with Gasteiger partial charge in [0.25, 0.3) is 10.0 Å². The lowest BCUT2D eigenvalue weighted by Gasteiger charge is -2.14. The maximum absolute atomic E-state index is 13.1. The molecule has 0 saturated carbocycles. The summed E-state index contributed by atoms with van der Waals surface area (Å²) >= 11 is 0. The third kappa shape index (κ3) is 3.05. The molecule has 8 heteroatoms. The van der Waals surface area contributed by atoms with Crippen molar-refractivity contribution in [3.63, 3.8) is 0 Å². The fourth-order valence-electron chi connectivity index (χ4n) is 2.31. The van der Waals surface area contributed by atoms with Crippen LogP contribution in [-0.4, -0.2) is 13.4 Å². The van der Waals surface area contributed by atoms with E-state index in [2.05, 4.69) is 9.71 Å². The Bertz CT molecular complexity index is 987. The molecule has 0 amide bonds. The first kappa shape index (κ1) is 16.3. The number of nitrogens with one attached hydrogen (secondary N) is 1. The highest BCUT2D eigenvalue weighted by Crippen LogP contribution is 2.37. The minimum atomic E-state index is -4.56. The molecule has 1 N–H and O–H groups in total. The lowest BCUT2D eigenvalue weighted by Crippen LogP contribution is -2.14. The first-order valence-corrected chi connectivity index (χ1v) is 8.30. The Labute approximate surface area is 136 Å². The van der Waals surface area contributed by atoms with Gasteiger partial charge in [0, 0.05) is 11.6 Å². The van der Waals surface area contributed by atoms with E-state index in [1.165, 1.54) is 30.5 Å². The monoisotopic (exact) mass is 352 g/mol. The number of sulfonamides is 1. The molecule has 124 valence electrons. The number of rotatable bonds is 3. The van der Waals surface area contributed by atoms with Crippen LogP contribution in [0.3, 0.4) is 0 Å². The Morgan fingerprint density at radius 2 is 1.62 bits per heavy atom. The first-order valence-electron chi connectivity index (χ1n) is 6.82. The standard InChI is InChI=1S/C16H11F3N2O2S/c17-16(18,19)13-8-9-14(15-12(13)7-4-10-20-15)21-24(22,23)11-5-2-1-3-6-11/h1-10,21H. The van der Waals surface area contributed by atoms with Crippen LogP contribution in [0.25, 0.3) is 10.9 Å². The average Bonchev–Trinajstić information content (AvgIpc) is 2.54. The van der Waals surface area contributed by atoms with Crippen molar-refractivity contribution in [3.05, 3.63) is 66.4 Å². The molecular formula is C16H11F3N2O2S. The Balaban J connectivity index is 2.12. The second-order valence-corrected chi connectivity index (χ2v) is 6.66. The predicted molar refractivity (Wildman–Crippen MR) is 84.0 cm³/mol. The molecule has 0 aliphatic carbocycles. The Morgan fingerprint density at radius 3 is 2.29 bits per heavy atom. The van der Waals surface area contributed by atoms with E-state index in [1.54, 1.807) is 18.2 Å². The Kier molecular flexibility index (Phi) is 3.92. The molecule has 0 saturated heterocycles. The molecule has 4 nitrogen and oxygen atoms in total. The highest BCUT2D eigenvalue weighted by molar-refractivity contribution is 7.92. The quantitative estimate of drug-likeness (QED) is 0.773. The van der Waals surface area contributed by atoms with E-state index in [0.717, 1.165) is 12.1 Å². The minimum Gasteiger partial charge on any atom is -0.277 e. The third-order valence-electron chi connectivity index (χ3n) is 3.37. The number of anilines is 1. The second kappa shape index (κ2) is 5.79. The fourth-order valence-corrected chi connectivity index (χ4v) is 3.39. The zero-order valence-electron chi connectivity index (χ0n) is 12.1. The number of pyridine rings is 1. The van der Waals surface area contributed by atoms with Crippen molar-refractivity contribution in [3.8, 4) is 0 Å². The van der Waals surface area contributed by atoms with Gasteiger partial charge in [0.2, 0.25) is 0 Å². The van der Waals surface area contributed by atoms with Crippen LogP contribution in [0.4, 0.5) is 18.9 Å². The highest BCUT2D eigenvalue weighted by Gasteiger charge is 2.33. The van der Waals surface area contributed by atoms with E-state index >= 15 is 0 Å². The van der Waals surface area contributed by atoms with Gasteiger partial charge in [0.15, 0.2) is 0 Å². The van der Waals surface area contributed by atoms with Crippen LogP contribution in [-0.2, 0) is 16.2 Å². The number of benzene rings is 2. The van der Waals surface area contributed by atoms with Crippen molar-refractivity contribution in [2.75, 3.05) is 4.72 Å². The molecule has 3 rings (SSSR count). The van der Waals surface area contributed by atoms with Crippen LogP contribution >= 0.6 is 0 Å². The van der Waals surface area contributed by atoms with Gasteiger partial charge in [-0.3, -0.25) is 9.71 Å². The summed E-state index contributed by atoms with van der Waals surface area (Å²) < 4.78 is 66.3. The number of halogens is 3. The SMILES string of the molecule is O=S(=O)(Nc1ccc(C(F)(F)F)c2cccnc12)c1ccccc1. The number of aromatic nitrogens is 1. The van der Waals surface area contributed by atoms with Crippen molar-refractivity contribution < 1.29 is 21.6 Å². The molecule has 0 bridgehead atoms. The van der Waals surface area contributed by atoms with E-state index in [0.29, 0.717) is 0 Å². The van der Waals surface area contributed by atoms with Gasteiger partial charge in [0.05, 0.1) is 21.7 Å². The Hall–Kier alpha value is -2.61. The maximum Gasteiger partial charge on any atom is 0.417 e. The first-order chi connectivity index (χ1) is 11.3. The van der Waals surface area contributed by atoms with Gasteiger partial charge in [-0.2, -0.15) is 13.2 Å². The number of hydrogen-bond donors (Lipinski definition) is 1. The summed E-state index contributed by atoms with van der Waals surface area (Å²) in [5.74, 6) is 0. The fraction of sp³-hybridized carbons (Fsp3) is 0.0625. The predicted octanol–water partition coefficient (Wildman–Crippen LogP) is 4.05. The summed E-state index contributed by atoms with van der Waals surface area (Å²) in [6.07, 6.45) is -3.25. The van der Waals surface area contributed by atoms with Crippen molar-refractivity contribution in [2.24, 2.45) is 0 Å². The van der Waals surface area contributed by atoms with E-state index in [4.69, 9.17) is 0 Å². The Morgan fingerprint density at radius 1 is 0.917 bits per heavy atom. The molecule has 0 fully saturated rings. The molecule has 0 spiro atoms.